The summed E-state index contributed by atoms with van der Waals surface area (Å²) in [6.07, 6.45) is 0. The average molecular weight is 1540 g/mol. The Hall–Kier alpha value is -12.4. The van der Waals surface area contributed by atoms with Crippen LogP contribution in [0, 0.1) is 0 Å². The quantitative estimate of drug-likeness (QED) is 0.141. The first kappa shape index (κ1) is 59.3. The molecule has 0 radical (unpaired) electrons. The predicted octanol–water partition coefficient (Wildman–Crippen LogP) is 28.9. The van der Waals surface area contributed by atoms with Gasteiger partial charge in [-0.1, -0.05) is 298 Å². The molecule has 0 aliphatic carbocycles. The van der Waals surface area contributed by atoms with E-state index in [0.717, 1.165) is 142 Å². The Balaban J connectivity index is 0.964. The zero-order chi connectivity index (χ0) is 91.6. The molecule has 570 valence electrons. The number of hydrogen-bond donors (Lipinski definition) is 0. The number of aromatic nitrogens is 3. The number of thiophene rings is 1. The highest BCUT2D eigenvalue weighted by atomic mass is 32.1. The van der Waals surface area contributed by atoms with Gasteiger partial charge in [-0.25, -0.2) is 0 Å². The van der Waals surface area contributed by atoms with Crippen molar-refractivity contribution in [1.82, 2.24) is 13.7 Å². The van der Waals surface area contributed by atoms with Gasteiger partial charge in [-0.05, 0) is 209 Å². The Labute approximate surface area is 709 Å². The van der Waals surface area contributed by atoms with Crippen LogP contribution in [0.15, 0.2) is 309 Å². The third-order valence-electron chi connectivity index (χ3n) is 24.7. The summed E-state index contributed by atoms with van der Waals surface area (Å²) < 4.78 is 132. The van der Waals surface area contributed by atoms with E-state index in [2.05, 4.69) is 317 Å². The summed E-state index contributed by atoms with van der Waals surface area (Å²) in [5, 5.41) is 6.41. The minimum atomic E-state index is -0.732. The molecule has 0 N–H and O–H groups in total. The van der Waals surface area contributed by atoms with Crippen molar-refractivity contribution in [3.63, 3.8) is 0 Å². The molecule has 4 aromatic heterocycles. The molecule has 0 bridgehead atoms. The van der Waals surface area contributed by atoms with Gasteiger partial charge >= 0.3 is 0 Å². The first-order valence-corrected chi connectivity index (χ1v) is 41.5. The second kappa shape index (κ2) is 26.0. The fourth-order valence-electron chi connectivity index (χ4n) is 18.5. The number of fused-ring (bicyclic) bond motifs is 16. The summed E-state index contributed by atoms with van der Waals surface area (Å²) >= 11 is 1.73. The fourth-order valence-corrected chi connectivity index (χ4v) is 19.8. The molecule has 5 nitrogen and oxygen atoms in total. The molecule has 0 saturated carbocycles. The molecule has 0 saturated heterocycles. The molecule has 0 atom stereocenters. The molecule has 19 aromatic rings. The van der Waals surface area contributed by atoms with E-state index in [1.807, 2.05) is 36.4 Å². The van der Waals surface area contributed by atoms with Crippen LogP contribution in [0.3, 0.4) is 0 Å². The second-order valence-corrected chi connectivity index (χ2v) is 38.2. The zero-order valence-corrected chi connectivity index (χ0v) is 69.5. The summed E-state index contributed by atoms with van der Waals surface area (Å²) in [6.45, 7) is 33.1. The van der Waals surface area contributed by atoms with Crippen LogP contribution in [-0.2, 0) is 27.1 Å². The lowest BCUT2D eigenvalue weighted by atomic mass is 9.33. The Morgan fingerprint density at radius 1 is 0.265 bits per heavy atom. The molecule has 117 heavy (non-hydrogen) atoms. The molecule has 21 rings (SSSR count). The van der Waals surface area contributed by atoms with E-state index >= 15 is 0 Å². The number of nitrogens with zero attached hydrogens (tertiary/aromatic N) is 5. The highest BCUT2D eigenvalue weighted by Crippen LogP contribution is 2.56. The van der Waals surface area contributed by atoms with Crippen molar-refractivity contribution < 1.29 is 17.8 Å². The summed E-state index contributed by atoms with van der Waals surface area (Å²) in [5.41, 5.74) is 21.8. The minimum Gasteiger partial charge on any atom is -0.310 e. The van der Waals surface area contributed by atoms with Crippen molar-refractivity contribution in [1.29, 1.82) is 0 Å². The van der Waals surface area contributed by atoms with E-state index in [-0.39, 0.29) is 61.1 Å². The van der Waals surface area contributed by atoms with E-state index in [1.54, 1.807) is 15.9 Å². The van der Waals surface area contributed by atoms with Gasteiger partial charge in [-0.3, -0.25) is 0 Å². The smallest absolute Gasteiger partial charge is 0.252 e. The van der Waals surface area contributed by atoms with E-state index in [1.165, 1.54) is 21.9 Å². The van der Waals surface area contributed by atoms with Crippen molar-refractivity contribution in [2.45, 2.75) is 131 Å². The molecule has 0 fully saturated rings. The first-order valence-electron chi connectivity index (χ1n) is 47.2. The van der Waals surface area contributed by atoms with E-state index in [9.17, 15) is 16.4 Å². The molecule has 2 aliphatic heterocycles. The Kier molecular flexibility index (Phi) is 13.2. The Morgan fingerprint density at radius 2 is 0.675 bits per heavy atom. The van der Waals surface area contributed by atoms with Gasteiger partial charge in [-0.15, -0.1) is 11.3 Å². The van der Waals surface area contributed by atoms with E-state index in [4.69, 9.17) is 1.37 Å². The van der Waals surface area contributed by atoms with Crippen LogP contribution in [-0.4, -0.2) is 20.4 Å². The highest BCUT2D eigenvalue weighted by Gasteiger charge is 2.46. The van der Waals surface area contributed by atoms with Gasteiger partial charge in [0.05, 0.1) is 83.1 Å². The van der Waals surface area contributed by atoms with Gasteiger partial charge in [0.25, 0.3) is 6.71 Å². The molecule has 0 unspecified atom stereocenters. The van der Waals surface area contributed by atoms with E-state index in [0.29, 0.717) is 22.6 Å². The third-order valence-corrected chi connectivity index (χ3v) is 26.0. The Morgan fingerprint density at radius 3 is 1.16 bits per heavy atom. The van der Waals surface area contributed by atoms with Gasteiger partial charge in [0.2, 0.25) is 0 Å². The fraction of sp³-hybridized carbons (Fsp3) is 0.182. The maximum atomic E-state index is 10.00. The van der Waals surface area contributed by atoms with Crippen LogP contribution in [0.5, 0.6) is 0 Å². The van der Waals surface area contributed by atoms with Crippen LogP contribution in [0.25, 0.3) is 136 Å². The number of anilines is 6. The number of benzene rings is 15. The predicted molar refractivity (Wildman–Crippen MR) is 506 cm³/mol. The topological polar surface area (TPSA) is 21.3 Å². The zero-order valence-electron chi connectivity index (χ0n) is 81.7. The molecular formula is C110H96BN5S. The van der Waals surface area contributed by atoms with Crippen molar-refractivity contribution in [2.75, 3.05) is 9.80 Å². The third kappa shape index (κ3) is 11.4. The lowest BCUT2D eigenvalue weighted by molar-refractivity contribution is 0.590. The number of hydrogen-bond acceptors (Lipinski definition) is 3. The van der Waals surface area contributed by atoms with Gasteiger partial charge in [-0.2, -0.15) is 0 Å². The van der Waals surface area contributed by atoms with Crippen LogP contribution in [0.1, 0.15) is 149 Å². The summed E-state index contributed by atoms with van der Waals surface area (Å²) in [7, 11) is 0. The maximum absolute atomic E-state index is 10.00. The summed E-state index contributed by atoms with van der Waals surface area (Å²) in [4.78, 5) is 4.78. The second-order valence-electron chi connectivity index (χ2n) is 37.2. The molecule has 0 spiro atoms. The van der Waals surface area contributed by atoms with Crippen molar-refractivity contribution in [3.8, 4) is 50.4 Å². The summed E-state index contributed by atoms with van der Waals surface area (Å²) in [5.74, 6) is 0. The van der Waals surface area contributed by atoms with Crippen LogP contribution in [0.4, 0.5) is 34.1 Å². The van der Waals surface area contributed by atoms with Crippen LogP contribution >= 0.6 is 11.3 Å². The monoisotopic (exact) mass is 1540 g/mol. The minimum absolute atomic E-state index is 0.0267. The molecular weight excluding hydrogens is 1430 g/mol. The SMILES string of the molecule is [2H]c1c([2H])c([2H])c(-c2ccc3c(c2)N(c2cccc4c2sc2c(-n5c6ccc(C(C)(C)C)cc6c6cc(C(C)(C)C)ccc65)cccc24)c2cc(-n4c5ccc(C(C)(C)C)cc5c5cc(C(C)(C)C)ccc54)cc4c2B3c2ccc(-n3c5c([2H])c([2H])c([2H])c([2H])c5c5c([2H])c([2H])c([2H])c([2H])c53)cc2N4c2c(-c3ccccc3)cc(C(C)(C)C)cc2-c2ccccc2)c([2H])c1[2H]. The standard InChI is InChI=1S/C110H96BN5S/c1-106(2,3)71-46-53-92-84(58-71)85-59-72(107(4,5)6)47-54-93(85)113(92)77-65-100-102-101(66-77)116(103-82(68-33-21-17-22-34-68)62-75(110(13,14)15)63-83(103)69-35-23-18-24-36-69)99-64-76(112-90-41-27-25-37-78(90)79-38-26-28-42-91(79)112)50-52-89(99)111(102)88-51-45-70(67-31-19-16-20-32-67)57-98(88)115(100)97-44-30-40-81-80-39-29-43-96(104(80)117-105(81)97)114-94-55-48-73(108(7,8)9)60-86(94)87-61-74(109(10,11)12)49-56-95(87)114/h16-66H,1-15H3/i16D,19D,20D,25D,26D,27D,28D,31D,32D,37D,38D,41D,42D. The first-order chi connectivity index (χ1) is 61.6. The van der Waals surface area contributed by atoms with Gasteiger partial charge in [0.15, 0.2) is 0 Å². The van der Waals surface area contributed by atoms with Gasteiger partial charge in [0, 0.05) is 82.7 Å². The Bertz CT molecular complexity index is 7880. The highest BCUT2D eigenvalue weighted by molar-refractivity contribution is 7.27. The molecule has 7 heteroatoms. The van der Waals surface area contributed by atoms with Crippen molar-refractivity contribution in [2.24, 2.45) is 0 Å². The van der Waals surface area contributed by atoms with E-state index < -0.39 is 78.6 Å². The lowest BCUT2D eigenvalue weighted by Crippen LogP contribution is -2.61. The summed E-state index contributed by atoms with van der Waals surface area (Å²) in [6, 6.07) is 77.0. The van der Waals surface area contributed by atoms with Crippen LogP contribution < -0.4 is 26.2 Å². The number of rotatable bonds is 8. The molecule has 0 amide bonds. The molecule has 15 aromatic carbocycles. The largest absolute Gasteiger partial charge is 0.310 e. The van der Waals surface area contributed by atoms with Crippen LogP contribution in [0.2, 0.25) is 0 Å². The average Bonchev–Trinajstić information content (AvgIpc) is 1.65. The van der Waals surface area contributed by atoms with Gasteiger partial charge in [0.1, 0.15) is 0 Å². The molecule has 2 aliphatic rings. The normalized spacial score (nSPS) is 14.9. The maximum Gasteiger partial charge on any atom is 0.252 e. The van der Waals surface area contributed by atoms with Crippen molar-refractivity contribution >= 4 is 154 Å². The molecule has 6 heterocycles. The van der Waals surface area contributed by atoms with Gasteiger partial charge < -0.3 is 23.5 Å². The lowest BCUT2D eigenvalue weighted by Gasteiger charge is -2.45. The number of para-hydroxylation sites is 2. The van der Waals surface area contributed by atoms with Crippen molar-refractivity contribution in [3.05, 3.63) is 337 Å².